The van der Waals surface area contributed by atoms with Crippen LogP contribution in [0, 0.1) is 6.92 Å². The highest BCUT2D eigenvalue weighted by Crippen LogP contribution is 2.33. The molecule has 0 fully saturated rings. The zero-order valence-electron chi connectivity index (χ0n) is 12.0. The summed E-state index contributed by atoms with van der Waals surface area (Å²) in [5.74, 6) is 1.68. The molecule has 110 valence electrons. The maximum absolute atomic E-state index is 6.05. The van der Waals surface area contributed by atoms with Crippen molar-refractivity contribution < 1.29 is 9.47 Å². The number of halogens is 1. The standard InChI is InChI=1S/C17H18ClNO2/c1-12-6-7-14(18)10-15(12)19-11-13-4-2-5-16-17(13)21-9-3-8-20-16/h2,4-7,10,19H,3,8-9,11H2,1H3. The van der Waals surface area contributed by atoms with Gasteiger partial charge in [0.05, 0.1) is 13.2 Å². The van der Waals surface area contributed by atoms with Gasteiger partial charge in [0.1, 0.15) is 0 Å². The number of ether oxygens (including phenoxy) is 2. The molecule has 1 N–H and O–H groups in total. The Labute approximate surface area is 129 Å². The molecule has 0 amide bonds. The van der Waals surface area contributed by atoms with Gasteiger partial charge in [-0.25, -0.2) is 0 Å². The SMILES string of the molecule is Cc1ccc(Cl)cc1NCc1cccc2c1OCCCO2. The van der Waals surface area contributed by atoms with Gasteiger partial charge >= 0.3 is 0 Å². The van der Waals surface area contributed by atoms with Crippen LogP contribution in [0.1, 0.15) is 17.5 Å². The molecule has 21 heavy (non-hydrogen) atoms. The summed E-state index contributed by atoms with van der Waals surface area (Å²) in [6, 6.07) is 11.9. The smallest absolute Gasteiger partial charge is 0.166 e. The molecule has 4 heteroatoms. The molecule has 1 aliphatic rings. The first-order valence-electron chi connectivity index (χ1n) is 7.11. The van der Waals surface area contributed by atoms with Crippen molar-refractivity contribution in [2.75, 3.05) is 18.5 Å². The molecule has 0 saturated carbocycles. The van der Waals surface area contributed by atoms with E-state index in [-0.39, 0.29) is 0 Å². The van der Waals surface area contributed by atoms with E-state index in [1.807, 2.05) is 30.3 Å². The van der Waals surface area contributed by atoms with Gasteiger partial charge in [0.2, 0.25) is 0 Å². The summed E-state index contributed by atoms with van der Waals surface area (Å²) in [4.78, 5) is 0. The topological polar surface area (TPSA) is 30.5 Å². The number of hydrogen-bond acceptors (Lipinski definition) is 3. The predicted molar refractivity (Wildman–Crippen MR) is 85.6 cm³/mol. The molecule has 0 unspecified atom stereocenters. The lowest BCUT2D eigenvalue weighted by Crippen LogP contribution is -2.04. The van der Waals surface area contributed by atoms with E-state index in [2.05, 4.69) is 18.3 Å². The number of benzene rings is 2. The summed E-state index contributed by atoms with van der Waals surface area (Å²) in [6.07, 6.45) is 0.912. The van der Waals surface area contributed by atoms with Crippen molar-refractivity contribution in [3.8, 4) is 11.5 Å². The molecule has 0 spiro atoms. The number of hydrogen-bond donors (Lipinski definition) is 1. The van der Waals surface area contributed by atoms with Crippen molar-refractivity contribution in [1.29, 1.82) is 0 Å². The summed E-state index contributed by atoms with van der Waals surface area (Å²) in [5, 5.41) is 4.15. The van der Waals surface area contributed by atoms with Crippen LogP contribution in [-0.4, -0.2) is 13.2 Å². The number of fused-ring (bicyclic) bond motifs is 1. The quantitative estimate of drug-likeness (QED) is 0.910. The van der Waals surface area contributed by atoms with Gasteiger partial charge in [0, 0.05) is 29.2 Å². The largest absolute Gasteiger partial charge is 0.490 e. The van der Waals surface area contributed by atoms with E-state index in [0.717, 1.165) is 34.2 Å². The maximum Gasteiger partial charge on any atom is 0.166 e. The fraction of sp³-hybridized carbons (Fsp3) is 0.294. The highest BCUT2D eigenvalue weighted by atomic mass is 35.5. The average molecular weight is 304 g/mol. The van der Waals surface area contributed by atoms with Crippen LogP contribution >= 0.6 is 11.6 Å². The Morgan fingerprint density at radius 3 is 2.90 bits per heavy atom. The molecule has 3 rings (SSSR count). The van der Waals surface area contributed by atoms with Gasteiger partial charge < -0.3 is 14.8 Å². The van der Waals surface area contributed by atoms with E-state index in [1.54, 1.807) is 0 Å². The van der Waals surface area contributed by atoms with Gasteiger partial charge in [-0.3, -0.25) is 0 Å². The monoisotopic (exact) mass is 303 g/mol. The normalized spacial score (nSPS) is 13.6. The number of para-hydroxylation sites is 1. The zero-order chi connectivity index (χ0) is 14.7. The molecule has 0 saturated heterocycles. The van der Waals surface area contributed by atoms with Crippen molar-refractivity contribution in [3.63, 3.8) is 0 Å². The molecule has 1 aliphatic heterocycles. The molecule has 0 radical (unpaired) electrons. The van der Waals surface area contributed by atoms with Gasteiger partial charge in [-0.15, -0.1) is 0 Å². The Morgan fingerprint density at radius 2 is 2.00 bits per heavy atom. The molecular formula is C17H18ClNO2. The van der Waals surface area contributed by atoms with Crippen molar-refractivity contribution in [2.45, 2.75) is 19.9 Å². The fourth-order valence-corrected chi connectivity index (χ4v) is 2.54. The minimum Gasteiger partial charge on any atom is -0.490 e. The van der Waals surface area contributed by atoms with Crippen LogP contribution in [-0.2, 0) is 6.54 Å². The van der Waals surface area contributed by atoms with Crippen LogP contribution in [0.4, 0.5) is 5.69 Å². The molecule has 1 heterocycles. The van der Waals surface area contributed by atoms with Crippen LogP contribution in [0.5, 0.6) is 11.5 Å². The zero-order valence-corrected chi connectivity index (χ0v) is 12.7. The van der Waals surface area contributed by atoms with Crippen LogP contribution in [0.15, 0.2) is 36.4 Å². The second-order valence-corrected chi connectivity index (χ2v) is 5.54. The highest BCUT2D eigenvalue weighted by molar-refractivity contribution is 6.30. The summed E-state index contributed by atoms with van der Waals surface area (Å²) < 4.78 is 11.5. The molecule has 2 aromatic rings. The predicted octanol–water partition coefficient (Wildman–Crippen LogP) is 4.42. The third-order valence-electron chi connectivity index (χ3n) is 3.52. The van der Waals surface area contributed by atoms with E-state index < -0.39 is 0 Å². The minimum atomic E-state index is 0.674. The van der Waals surface area contributed by atoms with E-state index in [4.69, 9.17) is 21.1 Å². The van der Waals surface area contributed by atoms with Gasteiger partial charge in [-0.05, 0) is 30.7 Å². The second-order valence-electron chi connectivity index (χ2n) is 5.11. The number of rotatable bonds is 3. The summed E-state index contributed by atoms with van der Waals surface area (Å²) in [6.45, 7) is 4.13. The molecule has 0 bridgehead atoms. The lowest BCUT2D eigenvalue weighted by Gasteiger charge is -2.14. The maximum atomic E-state index is 6.05. The summed E-state index contributed by atoms with van der Waals surface area (Å²) >= 11 is 6.05. The third kappa shape index (κ3) is 3.24. The van der Waals surface area contributed by atoms with E-state index >= 15 is 0 Å². The molecule has 2 aromatic carbocycles. The molecule has 0 aromatic heterocycles. The lowest BCUT2D eigenvalue weighted by molar-refractivity contribution is 0.296. The fourth-order valence-electron chi connectivity index (χ4n) is 2.37. The Bertz CT molecular complexity index is 643. The first-order chi connectivity index (χ1) is 10.2. The Morgan fingerprint density at radius 1 is 1.14 bits per heavy atom. The van der Waals surface area contributed by atoms with Crippen LogP contribution in [0.2, 0.25) is 5.02 Å². The highest BCUT2D eigenvalue weighted by Gasteiger charge is 2.14. The lowest BCUT2D eigenvalue weighted by atomic mass is 10.1. The van der Waals surface area contributed by atoms with Crippen LogP contribution in [0.25, 0.3) is 0 Å². The second kappa shape index (κ2) is 6.27. The van der Waals surface area contributed by atoms with Crippen LogP contribution in [0.3, 0.4) is 0 Å². The molecule has 0 aliphatic carbocycles. The average Bonchev–Trinajstić information content (AvgIpc) is 2.74. The van der Waals surface area contributed by atoms with E-state index in [9.17, 15) is 0 Å². The van der Waals surface area contributed by atoms with Gasteiger partial charge in [-0.1, -0.05) is 29.8 Å². The summed E-state index contributed by atoms with van der Waals surface area (Å²) in [7, 11) is 0. The van der Waals surface area contributed by atoms with Crippen molar-refractivity contribution in [2.24, 2.45) is 0 Å². The van der Waals surface area contributed by atoms with Crippen molar-refractivity contribution >= 4 is 17.3 Å². The number of aryl methyl sites for hydroxylation is 1. The van der Waals surface area contributed by atoms with Gasteiger partial charge in [-0.2, -0.15) is 0 Å². The first-order valence-corrected chi connectivity index (χ1v) is 7.49. The Balaban J connectivity index is 1.81. The minimum absolute atomic E-state index is 0.674. The van der Waals surface area contributed by atoms with Crippen LogP contribution < -0.4 is 14.8 Å². The van der Waals surface area contributed by atoms with E-state index in [1.165, 1.54) is 5.56 Å². The summed E-state index contributed by atoms with van der Waals surface area (Å²) in [5.41, 5.74) is 3.29. The van der Waals surface area contributed by atoms with Gasteiger partial charge in [0.25, 0.3) is 0 Å². The van der Waals surface area contributed by atoms with E-state index in [0.29, 0.717) is 19.8 Å². The molecule has 0 atom stereocenters. The number of anilines is 1. The van der Waals surface area contributed by atoms with Crippen molar-refractivity contribution in [1.82, 2.24) is 0 Å². The third-order valence-corrected chi connectivity index (χ3v) is 3.76. The number of nitrogens with one attached hydrogen (secondary N) is 1. The Hall–Kier alpha value is -1.87. The Kier molecular flexibility index (Phi) is 4.20. The molecule has 3 nitrogen and oxygen atoms in total. The van der Waals surface area contributed by atoms with Gasteiger partial charge in [0.15, 0.2) is 11.5 Å². The molecular weight excluding hydrogens is 286 g/mol. The van der Waals surface area contributed by atoms with Crippen molar-refractivity contribution in [3.05, 3.63) is 52.5 Å². The first kappa shape index (κ1) is 14.1.